The van der Waals surface area contributed by atoms with E-state index in [0.29, 0.717) is 11.8 Å². The van der Waals surface area contributed by atoms with Crippen molar-refractivity contribution in [3.8, 4) is 0 Å². The number of ether oxygens (including phenoxy) is 1. The molecule has 2 atom stereocenters. The Morgan fingerprint density at radius 2 is 0.840 bits per heavy atom. The summed E-state index contributed by atoms with van der Waals surface area (Å²) in [6, 6.07) is 0. The molecule has 0 aromatic heterocycles. The van der Waals surface area contributed by atoms with Crippen molar-refractivity contribution >= 4 is 0 Å². The number of unbranched alkanes of at least 4 members (excludes halogenated alkanes) is 2. The molecule has 0 saturated carbocycles. The second-order valence-corrected chi connectivity index (χ2v) is 11.4. The molecule has 1 nitrogen and oxygen atoms in total. The van der Waals surface area contributed by atoms with E-state index in [-0.39, 0.29) is 22.0 Å². The summed E-state index contributed by atoms with van der Waals surface area (Å²) in [5.41, 5.74) is 0.282. The Morgan fingerprint density at radius 3 is 1.04 bits per heavy atom. The van der Waals surface area contributed by atoms with Crippen LogP contribution in [0.15, 0.2) is 0 Å². The van der Waals surface area contributed by atoms with E-state index in [1.807, 2.05) is 0 Å². The van der Waals surface area contributed by atoms with Gasteiger partial charge in [0.15, 0.2) is 0 Å². The van der Waals surface area contributed by atoms with Gasteiger partial charge in [-0.1, -0.05) is 81.1 Å². The van der Waals surface area contributed by atoms with Crippen LogP contribution in [0.1, 0.15) is 122 Å². The van der Waals surface area contributed by atoms with Crippen molar-refractivity contribution in [2.45, 2.75) is 133 Å². The molecular weight excluding hydrogens is 304 g/mol. The van der Waals surface area contributed by atoms with Crippen LogP contribution in [0.4, 0.5) is 0 Å². The number of hydrogen-bond donors (Lipinski definition) is 0. The standard InChI is InChI=1S/C24H50O/c1-13-15-17-19(21(3,4)5)23(9,10)25-24(11,12)20(18-16-14-2)22(6,7)8/h19-20H,13-18H2,1-12H3. The Bertz CT molecular complexity index is 329. The lowest BCUT2D eigenvalue weighted by molar-refractivity contribution is -0.203. The minimum atomic E-state index is -0.118. The van der Waals surface area contributed by atoms with E-state index in [9.17, 15) is 0 Å². The van der Waals surface area contributed by atoms with Gasteiger partial charge in [-0.25, -0.2) is 0 Å². The first kappa shape index (κ1) is 25.0. The third-order valence-electron chi connectivity index (χ3n) is 5.99. The molecule has 25 heavy (non-hydrogen) atoms. The van der Waals surface area contributed by atoms with Gasteiger partial charge in [-0.2, -0.15) is 0 Å². The van der Waals surface area contributed by atoms with Gasteiger partial charge in [0, 0.05) is 0 Å². The topological polar surface area (TPSA) is 9.23 Å². The first-order chi connectivity index (χ1) is 11.1. The van der Waals surface area contributed by atoms with Crippen molar-refractivity contribution in [3.63, 3.8) is 0 Å². The average molecular weight is 355 g/mol. The van der Waals surface area contributed by atoms with Gasteiger partial charge < -0.3 is 4.74 Å². The van der Waals surface area contributed by atoms with Crippen molar-refractivity contribution in [2.75, 3.05) is 0 Å². The van der Waals surface area contributed by atoms with Crippen LogP contribution in [-0.4, -0.2) is 11.2 Å². The fourth-order valence-corrected chi connectivity index (χ4v) is 5.28. The molecule has 0 bridgehead atoms. The highest BCUT2D eigenvalue weighted by Gasteiger charge is 2.46. The molecule has 0 aliphatic heterocycles. The van der Waals surface area contributed by atoms with E-state index >= 15 is 0 Å². The zero-order valence-corrected chi connectivity index (χ0v) is 19.8. The van der Waals surface area contributed by atoms with Gasteiger partial charge in [-0.05, 0) is 63.2 Å². The molecule has 0 heterocycles. The molecule has 0 amide bonds. The van der Waals surface area contributed by atoms with Crippen LogP contribution in [0.2, 0.25) is 0 Å². The fourth-order valence-electron chi connectivity index (χ4n) is 5.28. The van der Waals surface area contributed by atoms with Crippen LogP contribution in [0.5, 0.6) is 0 Å². The third kappa shape index (κ3) is 8.02. The SMILES string of the molecule is CCCCC(C(C)(C)C)C(C)(C)OC(C)(C)C(CCCC)C(C)(C)C. The van der Waals surface area contributed by atoms with Crippen LogP contribution in [-0.2, 0) is 4.74 Å². The molecule has 1 heteroatoms. The maximum Gasteiger partial charge on any atom is 0.0666 e. The fraction of sp³-hybridized carbons (Fsp3) is 1.00. The second-order valence-electron chi connectivity index (χ2n) is 11.4. The lowest BCUT2D eigenvalue weighted by Crippen LogP contribution is -2.52. The van der Waals surface area contributed by atoms with E-state index < -0.39 is 0 Å². The molecule has 0 fully saturated rings. The first-order valence-electron chi connectivity index (χ1n) is 10.8. The van der Waals surface area contributed by atoms with E-state index in [1.54, 1.807) is 0 Å². The number of hydrogen-bond acceptors (Lipinski definition) is 1. The molecule has 0 aliphatic carbocycles. The molecule has 0 rings (SSSR count). The Labute approximate surface area is 160 Å². The lowest BCUT2D eigenvalue weighted by atomic mass is 9.67. The molecule has 0 spiro atoms. The minimum Gasteiger partial charge on any atom is -0.369 e. The smallest absolute Gasteiger partial charge is 0.0666 e. The van der Waals surface area contributed by atoms with Gasteiger partial charge in [0.2, 0.25) is 0 Å². The summed E-state index contributed by atoms with van der Waals surface area (Å²) >= 11 is 0. The van der Waals surface area contributed by atoms with Crippen molar-refractivity contribution in [1.29, 1.82) is 0 Å². The van der Waals surface area contributed by atoms with E-state index in [4.69, 9.17) is 4.74 Å². The maximum absolute atomic E-state index is 7.00. The molecule has 0 aliphatic rings. The van der Waals surface area contributed by atoms with Crippen LogP contribution in [0, 0.1) is 22.7 Å². The van der Waals surface area contributed by atoms with Gasteiger partial charge in [-0.3, -0.25) is 0 Å². The van der Waals surface area contributed by atoms with Gasteiger partial charge in [0.05, 0.1) is 11.2 Å². The predicted molar refractivity (Wildman–Crippen MR) is 114 cm³/mol. The van der Waals surface area contributed by atoms with Crippen LogP contribution in [0.3, 0.4) is 0 Å². The first-order valence-corrected chi connectivity index (χ1v) is 10.8. The average Bonchev–Trinajstić information content (AvgIpc) is 2.34. The molecular formula is C24H50O. The third-order valence-corrected chi connectivity index (χ3v) is 5.99. The Hall–Kier alpha value is -0.0400. The van der Waals surface area contributed by atoms with Crippen LogP contribution < -0.4 is 0 Å². The quantitative estimate of drug-likeness (QED) is 0.383. The Kier molecular flexibility index (Phi) is 9.23. The largest absolute Gasteiger partial charge is 0.369 e. The summed E-state index contributed by atoms with van der Waals surface area (Å²) in [7, 11) is 0. The van der Waals surface area contributed by atoms with E-state index in [1.165, 1.54) is 38.5 Å². The Balaban J connectivity index is 5.54. The Morgan fingerprint density at radius 1 is 0.560 bits per heavy atom. The summed E-state index contributed by atoms with van der Waals surface area (Å²) in [4.78, 5) is 0. The van der Waals surface area contributed by atoms with Gasteiger partial charge in [-0.15, -0.1) is 0 Å². The van der Waals surface area contributed by atoms with E-state index in [2.05, 4.69) is 83.1 Å². The summed E-state index contributed by atoms with van der Waals surface area (Å²) in [6.07, 6.45) is 7.58. The maximum atomic E-state index is 7.00. The van der Waals surface area contributed by atoms with Crippen LogP contribution in [0.25, 0.3) is 0 Å². The molecule has 0 aromatic rings. The molecule has 152 valence electrons. The number of rotatable bonds is 10. The summed E-state index contributed by atoms with van der Waals surface area (Å²) in [5, 5.41) is 0. The normalized spacial score (nSPS) is 16.8. The second kappa shape index (κ2) is 9.25. The molecule has 2 unspecified atom stereocenters. The monoisotopic (exact) mass is 354 g/mol. The summed E-state index contributed by atoms with van der Waals surface area (Å²) in [5.74, 6) is 1.12. The zero-order chi connectivity index (χ0) is 20.1. The highest BCUT2D eigenvalue weighted by Crippen LogP contribution is 2.47. The predicted octanol–water partition coefficient (Wildman–Crippen LogP) is 8.27. The van der Waals surface area contributed by atoms with Gasteiger partial charge in [0.25, 0.3) is 0 Å². The summed E-state index contributed by atoms with van der Waals surface area (Å²) < 4.78 is 7.00. The highest BCUT2D eigenvalue weighted by atomic mass is 16.5. The van der Waals surface area contributed by atoms with Crippen molar-refractivity contribution in [1.82, 2.24) is 0 Å². The van der Waals surface area contributed by atoms with Crippen LogP contribution >= 0.6 is 0 Å². The zero-order valence-electron chi connectivity index (χ0n) is 19.8. The van der Waals surface area contributed by atoms with E-state index in [0.717, 1.165) is 0 Å². The van der Waals surface area contributed by atoms with Crippen molar-refractivity contribution < 1.29 is 4.74 Å². The summed E-state index contributed by atoms with van der Waals surface area (Å²) in [6.45, 7) is 28.2. The minimum absolute atomic E-state index is 0.118. The van der Waals surface area contributed by atoms with Gasteiger partial charge >= 0.3 is 0 Å². The van der Waals surface area contributed by atoms with Crippen molar-refractivity contribution in [2.24, 2.45) is 22.7 Å². The molecule has 0 saturated heterocycles. The lowest BCUT2D eigenvalue weighted by Gasteiger charge is -2.51. The van der Waals surface area contributed by atoms with Crippen molar-refractivity contribution in [3.05, 3.63) is 0 Å². The molecule has 0 radical (unpaired) electrons. The molecule has 0 aromatic carbocycles. The molecule has 0 N–H and O–H groups in total. The van der Waals surface area contributed by atoms with Gasteiger partial charge in [0.1, 0.15) is 0 Å². The highest BCUT2D eigenvalue weighted by molar-refractivity contribution is 4.94.